The largest absolute Gasteiger partial charge is 0.434 e. The van der Waals surface area contributed by atoms with Crippen LogP contribution in [0.2, 0.25) is 0 Å². The van der Waals surface area contributed by atoms with Gasteiger partial charge < -0.3 is 10.1 Å². The molecule has 0 saturated heterocycles. The van der Waals surface area contributed by atoms with E-state index < -0.39 is 35.7 Å². The second kappa shape index (κ2) is 4.30. The normalized spacial score (nSPS) is 12.8. The minimum Gasteiger partial charge on any atom is -0.390 e. The number of aromatic nitrogens is 2. The zero-order valence-corrected chi connectivity index (χ0v) is 8.74. The molecule has 96 valence electrons. The van der Waals surface area contributed by atoms with Crippen LogP contribution < -0.4 is 0 Å². The van der Waals surface area contributed by atoms with Crippen molar-refractivity contribution in [3.05, 3.63) is 22.5 Å². The van der Waals surface area contributed by atoms with Crippen molar-refractivity contribution in [3.63, 3.8) is 0 Å². The van der Waals surface area contributed by atoms with Gasteiger partial charge in [-0.15, -0.1) is 0 Å². The summed E-state index contributed by atoms with van der Waals surface area (Å²) in [5, 5.41) is 10.4. The lowest BCUT2D eigenvalue weighted by Gasteiger charge is -2.24. The molecule has 0 saturated carbocycles. The number of alkyl halides is 4. The molecule has 1 heterocycles. The van der Waals surface area contributed by atoms with Crippen molar-refractivity contribution < 1.29 is 22.5 Å². The zero-order valence-electron chi connectivity index (χ0n) is 8.74. The first kappa shape index (κ1) is 13.4. The Morgan fingerprint density at radius 3 is 2.47 bits per heavy atom. The van der Waals surface area contributed by atoms with Crippen molar-refractivity contribution in [1.82, 2.24) is 9.55 Å². The van der Waals surface area contributed by atoms with E-state index in [0.717, 1.165) is 19.3 Å². The Kier molecular flexibility index (Phi) is 3.39. The highest BCUT2D eigenvalue weighted by atomic mass is 19.3. The van der Waals surface area contributed by atoms with Crippen LogP contribution in [0.25, 0.3) is 0 Å². The standard InChI is InChI=1S/C8H9F4N3O2/c1-2-7(9,10)8(11,12)5-14-4-3-13-6(14)15(16)17/h3-4H,2,5H2,1H3. The predicted molar refractivity (Wildman–Crippen MR) is 49.1 cm³/mol. The molecule has 0 aromatic carbocycles. The highest BCUT2D eigenvalue weighted by Gasteiger charge is 2.56. The average Bonchev–Trinajstić information content (AvgIpc) is 2.64. The number of hydrogen-bond acceptors (Lipinski definition) is 3. The van der Waals surface area contributed by atoms with Crippen LogP contribution in [0.15, 0.2) is 12.4 Å². The summed E-state index contributed by atoms with van der Waals surface area (Å²) in [6, 6.07) is 0. The Bertz CT molecular complexity index is 419. The van der Waals surface area contributed by atoms with E-state index in [1.54, 1.807) is 0 Å². The smallest absolute Gasteiger partial charge is 0.390 e. The molecule has 17 heavy (non-hydrogen) atoms. The molecule has 0 radical (unpaired) electrons. The second-order valence-electron chi connectivity index (χ2n) is 3.37. The van der Waals surface area contributed by atoms with Gasteiger partial charge in [-0.3, -0.25) is 0 Å². The molecule has 0 aliphatic heterocycles. The van der Waals surface area contributed by atoms with Gasteiger partial charge in [0.1, 0.15) is 18.9 Å². The minimum atomic E-state index is -4.37. The Labute approximate surface area is 93.2 Å². The molecule has 0 bridgehead atoms. The van der Waals surface area contributed by atoms with Crippen molar-refractivity contribution in [1.29, 1.82) is 0 Å². The van der Waals surface area contributed by atoms with Crippen LogP contribution in [0.1, 0.15) is 13.3 Å². The van der Waals surface area contributed by atoms with Gasteiger partial charge in [-0.1, -0.05) is 11.9 Å². The van der Waals surface area contributed by atoms with E-state index in [1.165, 1.54) is 0 Å². The predicted octanol–water partition coefficient (Wildman–Crippen LogP) is 2.47. The number of halogens is 4. The Balaban J connectivity index is 2.98. The van der Waals surface area contributed by atoms with Gasteiger partial charge in [-0.25, -0.2) is 4.57 Å². The molecule has 9 heteroatoms. The number of nitro groups is 1. The van der Waals surface area contributed by atoms with Crippen molar-refractivity contribution in [2.75, 3.05) is 0 Å². The SMILES string of the molecule is CCC(F)(F)C(F)(F)Cn1ccnc1[N+](=O)[O-]. The Morgan fingerprint density at radius 1 is 1.41 bits per heavy atom. The summed E-state index contributed by atoms with van der Waals surface area (Å²) in [6.45, 7) is -0.569. The third kappa shape index (κ3) is 2.53. The average molecular weight is 255 g/mol. The molecule has 0 atom stereocenters. The highest BCUT2D eigenvalue weighted by Crippen LogP contribution is 2.38. The third-order valence-electron chi connectivity index (χ3n) is 2.20. The van der Waals surface area contributed by atoms with Gasteiger partial charge >= 0.3 is 17.8 Å². The van der Waals surface area contributed by atoms with Crippen molar-refractivity contribution >= 4 is 5.95 Å². The summed E-state index contributed by atoms with van der Waals surface area (Å²) < 4.78 is 52.6. The van der Waals surface area contributed by atoms with Crippen LogP contribution in [-0.2, 0) is 6.54 Å². The lowest BCUT2D eigenvalue weighted by atomic mass is 10.1. The second-order valence-corrected chi connectivity index (χ2v) is 3.37. The summed E-state index contributed by atoms with van der Waals surface area (Å²) in [6.07, 6.45) is 0.707. The van der Waals surface area contributed by atoms with Crippen LogP contribution in [0.3, 0.4) is 0 Å². The number of rotatable bonds is 5. The highest BCUT2D eigenvalue weighted by molar-refractivity contribution is 5.07. The maximum Gasteiger partial charge on any atom is 0.434 e. The summed E-state index contributed by atoms with van der Waals surface area (Å²) in [5.41, 5.74) is 0. The fraction of sp³-hybridized carbons (Fsp3) is 0.625. The van der Waals surface area contributed by atoms with E-state index in [1.807, 2.05) is 0 Å². The number of imidazole rings is 1. The van der Waals surface area contributed by atoms with Gasteiger partial charge in [0.25, 0.3) is 0 Å². The first-order chi connectivity index (χ1) is 7.71. The fourth-order valence-electron chi connectivity index (χ4n) is 1.18. The molecule has 5 nitrogen and oxygen atoms in total. The molecule has 0 amide bonds. The van der Waals surface area contributed by atoms with Gasteiger partial charge in [-0.05, 0) is 4.92 Å². The van der Waals surface area contributed by atoms with Gasteiger partial charge in [-0.2, -0.15) is 17.6 Å². The monoisotopic (exact) mass is 255 g/mol. The molecule has 1 aromatic heterocycles. The molecule has 1 rings (SSSR count). The third-order valence-corrected chi connectivity index (χ3v) is 2.20. The zero-order chi connectivity index (χ0) is 13.3. The van der Waals surface area contributed by atoms with Crippen molar-refractivity contribution in [3.8, 4) is 0 Å². The van der Waals surface area contributed by atoms with Crippen molar-refractivity contribution in [2.24, 2.45) is 0 Å². The van der Waals surface area contributed by atoms with E-state index >= 15 is 0 Å². The summed E-state index contributed by atoms with van der Waals surface area (Å²) in [4.78, 5) is 12.6. The van der Waals surface area contributed by atoms with Crippen LogP contribution in [0.4, 0.5) is 23.5 Å². The molecule has 0 aliphatic carbocycles. The van der Waals surface area contributed by atoms with Gasteiger partial charge in [0.15, 0.2) is 0 Å². The Morgan fingerprint density at radius 2 is 2.00 bits per heavy atom. The quantitative estimate of drug-likeness (QED) is 0.461. The first-order valence-electron chi connectivity index (χ1n) is 4.62. The van der Waals surface area contributed by atoms with Crippen LogP contribution in [-0.4, -0.2) is 26.3 Å². The summed E-state index contributed by atoms with van der Waals surface area (Å²) >= 11 is 0. The van der Waals surface area contributed by atoms with E-state index in [-0.39, 0.29) is 0 Å². The van der Waals surface area contributed by atoms with Crippen LogP contribution >= 0.6 is 0 Å². The lowest BCUT2D eigenvalue weighted by molar-refractivity contribution is -0.397. The van der Waals surface area contributed by atoms with Crippen LogP contribution in [0.5, 0.6) is 0 Å². The number of hydrogen-bond donors (Lipinski definition) is 0. The summed E-state index contributed by atoms with van der Waals surface area (Å²) in [5.74, 6) is -9.48. The van der Waals surface area contributed by atoms with E-state index in [4.69, 9.17) is 0 Å². The molecule has 0 N–H and O–H groups in total. The van der Waals surface area contributed by atoms with Crippen molar-refractivity contribution in [2.45, 2.75) is 31.7 Å². The first-order valence-corrected chi connectivity index (χ1v) is 4.62. The van der Waals surface area contributed by atoms with Gasteiger partial charge in [0, 0.05) is 6.42 Å². The van der Waals surface area contributed by atoms with Gasteiger partial charge in [0.05, 0.1) is 0 Å². The Hall–Kier alpha value is -1.67. The maximum atomic E-state index is 13.2. The van der Waals surface area contributed by atoms with E-state index in [0.29, 0.717) is 4.57 Å². The summed E-state index contributed by atoms with van der Waals surface area (Å²) in [7, 11) is 0. The fourth-order valence-corrected chi connectivity index (χ4v) is 1.18. The molecular formula is C8H9F4N3O2. The molecule has 0 fully saturated rings. The maximum absolute atomic E-state index is 13.2. The topological polar surface area (TPSA) is 61.0 Å². The lowest BCUT2D eigenvalue weighted by Crippen LogP contribution is -2.43. The van der Waals surface area contributed by atoms with Crippen LogP contribution in [0, 0.1) is 10.1 Å². The van der Waals surface area contributed by atoms with E-state index in [9.17, 15) is 27.7 Å². The minimum absolute atomic E-state index is 0.392. The molecule has 0 spiro atoms. The molecule has 0 unspecified atom stereocenters. The number of nitrogens with zero attached hydrogens (tertiary/aromatic N) is 3. The molecule has 0 aliphatic rings. The van der Waals surface area contributed by atoms with Gasteiger partial charge in [0.2, 0.25) is 0 Å². The van der Waals surface area contributed by atoms with E-state index in [2.05, 4.69) is 4.98 Å². The molecular weight excluding hydrogens is 246 g/mol. The molecule has 1 aromatic rings.